The molecule has 1 heterocycles. The van der Waals surface area contributed by atoms with Crippen molar-refractivity contribution in [3.63, 3.8) is 0 Å². The average Bonchev–Trinajstić information content (AvgIpc) is 2.04. The highest BCUT2D eigenvalue weighted by atomic mass is 32.2. The zero-order valence-corrected chi connectivity index (χ0v) is 9.02. The molecule has 0 spiro atoms. The molecular weight excluding hydrogens is 186 g/mol. The fourth-order valence-electron chi connectivity index (χ4n) is 1.51. The molecule has 1 fully saturated rings. The van der Waals surface area contributed by atoms with Crippen molar-refractivity contribution in [2.24, 2.45) is 5.73 Å². The Balaban J connectivity index is 2.18. The molecule has 2 N–H and O–H groups in total. The molecule has 3 unspecified atom stereocenters. The van der Waals surface area contributed by atoms with E-state index in [2.05, 4.69) is 0 Å². The second-order valence-corrected chi connectivity index (χ2v) is 5.29. The summed E-state index contributed by atoms with van der Waals surface area (Å²) in [5.41, 5.74) is 5.56. The Labute approximate surface area is 82.5 Å². The van der Waals surface area contributed by atoms with E-state index >= 15 is 0 Å². The molecule has 1 saturated heterocycles. The molecule has 0 aromatic rings. The average molecular weight is 205 g/mol. The summed E-state index contributed by atoms with van der Waals surface area (Å²) in [5.74, 6) is 1.27. The van der Waals surface area contributed by atoms with Crippen molar-refractivity contribution in [1.29, 1.82) is 0 Å². The summed E-state index contributed by atoms with van der Waals surface area (Å²) < 4.78 is 17.0. The molecule has 0 bridgehead atoms. The molecule has 0 aliphatic carbocycles. The first kappa shape index (κ1) is 11.1. The van der Waals surface area contributed by atoms with Gasteiger partial charge in [-0.1, -0.05) is 0 Å². The van der Waals surface area contributed by atoms with Gasteiger partial charge in [0.2, 0.25) is 0 Å². The van der Waals surface area contributed by atoms with Gasteiger partial charge in [-0.2, -0.15) is 0 Å². The van der Waals surface area contributed by atoms with Gasteiger partial charge in [0.25, 0.3) is 0 Å². The van der Waals surface area contributed by atoms with Crippen molar-refractivity contribution in [3.8, 4) is 0 Å². The van der Waals surface area contributed by atoms with Crippen LogP contribution in [0.4, 0.5) is 0 Å². The smallest absolute Gasteiger partial charge is 0.0690 e. The van der Waals surface area contributed by atoms with E-state index < -0.39 is 10.8 Å². The number of hydrogen-bond donors (Lipinski definition) is 1. The Hall–Kier alpha value is 0.0700. The van der Waals surface area contributed by atoms with Gasteiger partial charge in [0, 0.05) is 35.0 Å². The molecule has 1 aliphatic heterocycles. The normalized spacial score (nSPS) is 28.3. The second-order valence-electron chi connectivity index (χ2n) is 3.74. The largest absolute Gasteiger partial charge is 0.377 e. The van der Waals surface area contributed by atoms with E-state index in [1.165, 1.54) is 6.42 Å². The van der Waals surface area contributed by atoms with E-state index in [-0.39, 0.29) is 12.1 Å². The first-order chi connectivity index (χ1) is 6.18. The third kappa shape index (κ3) is 4.74. The van der Waals surface area contributed by atoms with Crippen LogP contribution in [-0.4, -0.2) is 34.5 Å². The van der Waals surface area contributed by atoms with Crippen LogP contribution in [0.3, 0.4) is 0 Å². The molecule has 3 atom stereocenters. The van der Waals surface area contributed by atoms with Crippen molar-refractivity contribution >= 4 is 10.8 Å². The zero-order valence-electron chi connectivity index (χ0n) is 8.20. The molecule has 0 amide bonds. The molecule has 4 heteroatoms. The highest BCUT2D eigenvalue weighted by molar-refractivity contribution is 7.85. The first-order valence-corrected chi connectivity index (χ1v) is 6.39. The Bertz CT molecular complexity index is 167. The molecule has 1 aliphatic rings. The van der Waals surface area contributed by atoms with Crippen molar-refractivity contribution in [1.82, 2.24) is 0 Å². The lowest BCUT2D eigenvalue weighted by atomic mass is 10.1. The van der Waals surface area contributed by atoms with Gasteiger partial charge >= 0.3 is 0 Å². The summed E-state index contributed by atoms with van der Waals surface area (Å²) in [4.78, 5) is 0. The summed E-state index contributed by atoms with van der Waals surface area (Å²) >= 11 is 0. The van der Waals surface area contributed by atoms with Crippen LogP contribution < -0.4 is 5.73 Å². The van der Waals surface area contributed by atoms with Crippen LogP contribution in [0, 0.1) is 0 Å². The fourth-order valence-corrected chi connectivity index (χ4v) is 2.91. The van der Waals surface area contributed by atoms with E-state index in [1.54, 1.807) is 0 Å². The minimum Gasteiger partial charge on any atom is -0.377 e. The summed E-state index contributed by atoms with van der Waals surface area (Å²) in [7, 11) is -0.798. The van der Waals surface area contributed by atoms with Gasteiger partial charge in [-0.15, -0.1) is 0 Å². The lowest BCUT2D eigenvalue weighted by molar-refractivity contribution is 0.0310. The lowest BCUT2D eigenvalue weighted by Crippen LogP contribution is -2.30. The van der Waals surface area contributed by atoms with Crippen LogP contribution in [0.15, 0.2) is 0 Å². The molecule has 0 saturated carbocycles. The van der Waals surface area contributed by atoms with Crippen LogP contribution in [0.25, 0.3) is 0 Å². The second kappa shape index (κ2) is 5.73. The van der Waals surface area contributed by atoms with Crippen LogP contribution in [0.5, 0.6) is 0 Å². The minimum absolute atomic E-state index is 0.0319. The maximum atomic E-state index is 11.5. The molecule has 1 rings (SSSR count). The van der Waals surface area contributed by atoms with Gasteiger partial charge in [0.15, 0.2) is 0 Å². The molecule has 0 aromatic carbocycles. The van der Waals surface area contributed by atoms with Gasteiger partial charge in [-0.05, 0) is 26.2 Å². The van der Waals surface area contributed by atoms with E-state index in [4.69, 9.17) is 10.5 Å². The molecule has 78 valence electrons. The van der Waals surface area contributed by atoms with Crippen LogP contribution >= 0.6 is 0 Å². The summed E-state index contributed by atoms with van der Waals surface area (Å²) in [5, 5.41) is 0. The molecule has 0 aromatic heterocycles. The van der Waals surface area contributed by atoms with Crippen molar-refractivity contribution in [2.45, 2.75) is 38.3 Å². The van der Waals surface area contributed by atoms with Gasteiger partial charge in [0.05, 0.1) is 6.10 Å². The highest BCUT2D eigenvalue weighted by Gasteiger charge is 2.17. The summed E-state index contributed by atoms with van der Waals surface area (Å²) in [6.45, 7) is 2.72. The van der Waals surface area contributed by atoms with Gasteiger partial charge in [-0.25, -0.2) is 0 Å². The van der Waals surface area contributed by atoms with Gasteiger partial charge in [-0.3, -0.25) is 4.21 Å². The minimum atomic E-state index is -0.798. The van der Waals surface area contributed by atoms with E-state index in [0.717, 1.165) is 19.4 Å². The monoisotopic (exact) mass is 205 g/mol. The SMILES string of the molecule is CC(N)CS(=O)CC1CCCCO1. The standard InChI is InChI=1S/C9H19NO2S/c1-8(10)6-13(11)7-9-4-2-3-5-12-9/h8-9H,2-7,10H2,1H3. The highest BCUT2D eigenvalue weighted by Crippen LogP contribution is 2.13. The van der Waals surface area contributed by atoms with Crippen LogP contribution in [0.2, 0.25) is 0 Å². The fraction of sp³-hybridized carbons (Fsp3) is 1.00. The number of nitrogens with two attached hydrogens (primary N) is 1. The predicted molar refractivity (Wildman–Crippen MR) is 55.1 cm³/mol. The van der Waals surface area contributed by atoms with Gasteiger partial charge in [0.1, 0.15) is 0 Å². The van der Waals surface area contributed by atoms with E-state index in [9.17, 15) is 4.21 Å². The van der Waals surface area contributed by atoms with E-state index in [1.807, 2.05) is 6.92 Å². The summed E-state index contributed by atoms with van der Waals surface area (Å²) in [6, 6.07) is 0.0319. The molecule has 13 heavy (non-hydrogen) atoms. The first-order valence-electron chi connectivity index (χ1n) is 4.90. The number of rotatable bonds is 4. The maximum Gasteiger partial charge on any atom is 0.0690 e. The molecular formula is C9H19NO2S. The predicted octanol–water partition coefficient (Wildman–Crippen LogP) is 0.651. The Morgan fingerprint density at radius 3 is 2.92 bits per heavy atom. The topological polar surface area (TPSA) is 52.3 Å². The molecule has 0 radical (unpaired) electrons. The Kier molecular flexibility index (Phi) is 4.91. The van der Waals surface area contributed by atoms with Crippen LogP contribution in [-0.2, 0) is 15.5 Å². The maximum absolute atomic E-state index is 11.5. The van der Waals surface area contributed by atoms with Crippen molar-refractivity contribution in [3.05, 3.63) is 0 Å². The zero-order chi connectivity index (χ0) is 9.68. The number of ether oxygens (including phenoxy) is 1. The Morgan fingerprint density at radius 2 is 2.38 bits per heavy atom. The number of hydrogen-bond acceptors (Lipinski definition) is 3. The third-order valence-corrected chi connectivity index (χ3v) is 3.74. The third-order valence-electron chi connectivity index (χ3n) is 2.09. The van der Waals surface area contributed by atoms with Crippen molar-refractivity contribution in [2.75, 3.05) is 18.1 Å². The molecule has 3 nitrogen and oxygen atoms in total. The van der Waals surface area contributed by atoms with E-state index in [0.29, 0.717) is 11.5 Å². The Morgan fingerprint density at radius 1 is 1.62 bits per heavy atom. The van der Waals surface area contributed by atoms with Crippen LogP contribution in [0.1, 0.15) is 26.2 Å². The summed E-state index contributed by atoms with van der Waals surface area (Å²) in [6.07, 6.45) is 3.63. The van der Waals surface area contributed by atoms with Crippen molar-refractivity contribution < 1.29 is 8.95 Å². The quantitative estimate of drug-likeness (QED) is 0.733. The lowest BCUT2D eigenvalue weighted by Gasteiger charge is -2.22. The van der Waals surface area contributed by atoms with Gasteiger partial charge < -0.3 is 10.5 Å².